The zero-order valence-electron chi connectivity index (χ0n) is 12.4. The van der Waals surface area contributed by atoms with E-state index in [-0.39, 0.29) is 12.1 Å². The molecule has 1 aliphatic carbocycles. The van der Waals surface area contributed by atoms with Crippen molar-refractivity contribution in [3.63, 3.8) is 0 Å². The van der Waals surface area contributed by atoms with Gasteiger partial charge in [-0.3, -0.25) is 5.32 Å². The third-order valence-electron chi connectivity index (χ3n) is 4.45. The molecule has 116 valence electrons. The lowest BCUT2D eigenvalue weighted by Crippen LogP contribution is -2.66. The van der Waals surface area contributed by atoms with E-state index in [1.165, 1.54) is 23.3 Å². The first-order valence-electron chi connectivity index (χ1n) is 7.51. The summed E-state index contributed by atoms with van der Waals surface area (Å²) in [6.45, 7) is 1.39. The Morgan fingerprint density at radius 2 is 2.18 bits per heavy atom. The van der Waals surface area contributed by atoms with Gasteiger partial charge in [-0.1, -0.05) is 0 Å². The fourth-order valence-corrected chi connectivity index (χ4v) is 3.12. The molecule has 0 atom stereocenters. The quantitative estimate of drug-likeness (QED) is 0.901. The van der Waals surface area contributed by atoms with E-state index in [9.17, 15) is 9.59 Å². The zero-order valence-corrected chi connectivity index (χ0v) is 12.4. The van der Waals surface area contributed by atoms with Crippen LogP contribution >= 0.6 is 0 Å². The summed E-state index contributed by atoms with van der Waals surface area (Å²) in [5.74, 6) is 1.20. The summed E-state index contributed by atoms with van der Waals surface area (Å²) in [6.07, 6.45) is 3.84. The molecule has 0 radical (unpaired) electrons. The highest BCUT2D eigenvalue weighted by atomic mass is 16.6. The van der Waals surface area contributed by atoms with Gasteiger partial charge in [-0.2, -0.15) is 0 Å². The number of likely N-dealkylation sites (N-methyl/N-ethyl adjacent to an activating group) is 1. The summed E-state index contributed by atoms with van der Waals surface area (Å²) in [4.78, 5) is 31.0. The van der Waals surface area contributed by atoms with Crippen molar-refractivity contribution in [3.05, 3.63) is 23.9 Å². The average Bonchev–Trinajstić information content (AvgIpc) is 3.24. The number of rotatable bonds is 2. The van der Waals surface area contributed by atoms with Crippen LogP contribution in [0.15, 0.2) is 18.3 Å². The first-order valence-corrected chi connectivity index (χ1v) is 7.51. The molecule has 7 heteroatoms. The summed E-state index contributed by atoms with van der Waals surface area (Å²) in [7, 11) is 1.70. The van der Waals surface area contributed by atoms with Crippen LogP contribution in [0.1, 0.15) is 24.3 Å². The lowest BCUT2D eigenvalue weighted by molar-refractivity contribution is -0.0488. The molecule has 22 heavy (non-hydrogen) atoms. The molecule has 3 heterocycles. The Bertz CT molecular complexity index is 637. The summed E-state index contributed by atoms with van der Waals surface area (Å²) < 4.78 is 5.34. The number of nitrogens with zero attached hydrogens (tertiary/aromatic N) is 3. The van der Waals surface area contributed by atoms with E-state index in [0.717, 1.165) is 0 Å². The fraction of sp³-hybridized carbons (Fsp3) is 0.533. The van der Waals surface area contributed by atoms with Crippen molar-refractivity contribution >= 4 is 17.9 Å². The molecule has 1 aromatic heterocycles. The van der Waals surface area contributed by atoms with Crippen molar-refractivity contribution in [1.29, 1.82) is 0 Å². The molecule has 7 nitrogen and oxygen atoms in total. The van der Waals surface area contributed by atoms with Crippen LogP contribution in [-0.4, -0.2) is 59.2 Å². The monoisotopic (exact) mass is 302 g/mol. The largest absolute Gasteiger partial charge is 0.437 e. The molecule has 0 aromatic carbocycles. The molecule has 2 saturated heterocycles. The number of ether oxygens (including phenoxy) is 1. The van der Waals surface area contributed by atoms with Crippen molar-refractivity contribution in [3.8, 4) is 0 Å². The minimum Gasteiger partial charge on any atom is -0.437 e. The van der Waals surface area contributed by atoms with Gasteiger partial charge in [0.2, 0.25) is 0 Å². The Hall–Kier alpha value is -2.31. The van der Waals surface area contributed by atoms with Crippen molar-refractivity contribution in [1.82, 2.24) is 14.8 Å². The fourth-order valence-electron chi connectivity index (χ4n) is 3.12. The number of urea groups is 1. The van der Waals surface area contributed by atoms with Crippen molar-refractivity contribution < 1.29 is 14.3 Å². The molecule has 3 amide bonds. The zero-order chi connectivity index (χ0) is 15.3. The number of nitrogens with one attached hydrogen (secondary N) is 1. The maximum atomic E-state index is 12.2. The number of pyridine rings is 1. The molecular weight excluding hydrogens is 284 g/mol. The Morgan fingerprint density at radius 1 is 1.41 bits per heavy atom. The van der Waals surface area contributed by atoms with Gasteiger partial charge in [0.15, 0.2) is 5.60 Å². The number of anilines is 1. The normalized spacial score (nSPS) is 22.5. The number of amides is 3. The Morgan fingerprint density at radius 3 is 2.82 bits per heavy atom. The van der Waals surface area contributed by atoms with Gasteiger partial charge in [0, 0.05) is 13.2 Å². The van der Waals surface area contributed by atoms with Gasteiger partial charge in [-0.25, -0.2) is 14.6 Å². The molecule has 1 N–H and O–H groups in total. The van der Waals surface area contributed by atoms with E-state index in [0.29, 0.717) is 31.4 Å². The van der Waals surface area contributed by atoms with Gasteiger partial charge >= 0.3 is 12.1 Å². The van der Waals surface area contributed by atoms with Crippen LogP contribution < -0.4 is 5.32 Å². The summed E-state index contributed by atoms with van der Waals surface area (Å²) >= 11 is 0. The molecule has 0 unspecified atom stereocenters. The van der Waals surface area contributed by atoms with E-state index in [4.69, 9.17) is 4.74 Å². The number of carbonyl (C=O) groups excluding carboxylic acids is 2. The molecule has 1 saturated carbocycles. The van der Waals surface area contributed by atoms with Crippen LogP contribution in [0, 0.1) is 0 Å². The number of aromatic nitrogens is 1. The Kier molecular flexibility index (Phi) is 2.79. The molecule has 0 bridgehead atoms. The van der Waals surface area contributed by atoms with Crippen molar-refractivity contribution in [2.75, 3.05) is 32.0 Å². The van der Waals surface area contributed by atoms with Crippen molar-refractivity contribution in [2.45, 2.75) is 24.4 Å². The van der Waals surface area contributed by atoms with Crippen molar-refractivity contribution in [2.24, 2.45) is 0 Å². The van der Waals surface area contributed by atoms with Gasteiger partial charge in [-0.05, 0) is 36.5 Å². The number of hydrogen-bond acceptors (Lipinski definition) is 4. The predicted octanol–water partition coefficient (Wildman–Crippen LogP) is 1.63. The van der Waals surface area contributed by atoms with Gasteiger partial charge in [-0.15, -0.1) is 0 Å². The van der Waals surface area contributed by atoms with Crippen LogP contribution in [0.3, 0.4) is 0 Å². The topological polar surface area (TPSA) is 74.8 Å². The lowest BCUT2D eigenvalue weighted by atomic mass is 9.95. The molecule has 1 aromatic rings. The molecule has 3 aliphatic rings. The standard InChI is InChI=1S/C15H18N4O3/c1-18-7-15(22-14(18)21)8-19(9-15)13(20)17-12-6-11(4-5-16-12)10-2-3-10/h4-6,10H,2-3,7-9H2,1H3,(H,16,17,20). The van der Waals surface area contributed by atoms with E-state index in [2.05, 4.69) is 10.3 Å². The second kappa shape index (κ2) is 4.59. The van der Waals surface area contributed by atoms with Gasteiger partial charge in [0.05, 0.1) is 19.6 Å². The number of likely N-dealkylation sites (tertiary alicyclic amines) is 1. The van der Waals surface area contributed by atoms with E-state index >= 15 is 0 Å². The predicted molar refractivity (Wildman–Crippen MR) is 78.6 cm³/mol. The molecule has 2 aliphatic heterocycles. The molecular formula is C15H18N4O3. The van der Waals surface area contributed by atoms with E-state index < -0.39 is 5.60 Å². The second-order valence-corrected chi connectivity index (χ2v) is 6.44. The van der Waals surface area contributed by atoms with Crippen LogP contribution in [-0.2, 0) is 4.74 Å². The SMILES string of the molecule is CN1CC2(CN(C(=O)Nc3cc(C4CC4)ccn3)C2)OC1=O. The third-order valence-corrected chi connectivity index (χ3v) is 4.45. The Labute approximate surface area is 128 Å². The van der Waals surface area contributed by atoms with Crippen LogP contribution in [0.25, 0.3) is 0 Å². The Balaban J connectivity index is 1.36. The van der Waals surface area contributed by atoms with Crippen LogP contribution in [0.2, 0.25) is 0 Å². The van der Waals surface area contributed by atoms with Gasteiger partial charge in [0.1, 0.15) is 5.82 Å². The first kappa shape index (κ1) is 13.4. The summed E-state index contributed by atoms with van der Waals surface area (Å²) in [5.41, 5.74) is 0.712. The minimum atomic E-state index is -0.521. The maximum Gasteiger partial charge on any atom is 0.410 e. The van der Waals surface area contributed by atoms with Crippen LogP contribution in [0.4, 0.5) is 15.4 Å². The molecule has 1 spiro atoms. The number of hydrogen-bond donors (Lipinski definition) is 1. The highest BCUT2D eigenvalue weighted by Crippen LogP contribution is 2.40. The van der Waals surface area contributed by atoms with E-state index in [1.807, 2.05) is 12.1 Å². The van der Waals surface area contributed by atoms with Gasteiger partial charge < -0.3 is 14.5 Å². The molecule has 4 rings (SSSR count). The summed E-state index contributed by atoms with van der Waals surface area (Å²) in [5, 5.41) is 2.82. The third kappa shape index (κ3) is 2.26. The highest BCUT2D eigenvalue weighted by molar-refractivity contribution is 5.89. The maximum absolute atomic E-state index is 12.2. The smallest absolute Gasteiger partial charge is 0.410 e. The molecule has 3 fully saturated rings. The first-order chi connectivity index (χ1) is 10.5. The minimum absolute atomic E-state index is 0.198. The van der Waals surface area contributed by atoms with Gasteiger partial charge in [0.25, 0.3) is 0 Å². The van der Waals surface area contributed by atoms with E-state index in [1.54, 1.807) is 18.1 Å². The lowest BCUT2D eigenvalue weighted by Gasteiger charge is -2.45. The highest BCUT2D eigenvalue weighted by Gasteiger charge is 2.54. The summed E-state index contributed by atoms with van der Waals surface area (Å²) in [6, 6.07) is 3.74. The van der Waals surface area contributed by atoms with Crippen LogP contribution in [0.5, 0.6) is 0 Å². The average molecular weight is 302 g/mol. The number of carbonyl (C=O) groups is 2. The second-order valence-electron chi connectivity index (χ2n) is 6.44.